The summed E-state index contributed by atoms with van der Waals surface area (Å²) in [5.74, 6) is -1.04. The van der Waals surface area contributed by atoms with Gasteiger partial charge in [0.1, 0.15) is 16.6 Å². The summed E-state index contributed by atoms with van der Waals surface area (Å²) in [7, 11) is 0. The van der Waals surface area contributed by atoms with Gasteiger partial charge < -0.3 is 16.4 Å². The molecule has 2 heterocycles. The molecule has 11 heteroatoms. The second-order valence-electron chi connectivity index (χ2n) is 12.6. The van der Waals surface area contributed by atoms with Crippen LogP contribution in [0.25, 0.3) is 22.3 Å². The van der Waals surface area contributed by atoms with E-state index in [4.69, 9.17) is 23.2 Å². The van der Waals surface area contributed by atoms with Crippen LogP contribution in [-0.4, -0.2) is 28.2 Å². The Morgan fingerprint density at radius 2 is 1.11 bits per heavy atom. The lowest BCUT2D eigenvalue weighted by atomic mass is 10.0. The minimum absolute atomic E-state index is 0.0958. The average molecular weight is 745 g/mol. The van der Waals surface area contributed by atoms with Gasteiger partial charge in [-0.3, -0.25) is 19.6 Å². The second-order valence-corrected chi connectivity index (χ2v) is 13.1. The second kappa shape index (κ2) is 15.8. The zero-order chi connectivity index (χ0) is 38.5. The number of carbonyl (C=O) groups is 2. The molecule has 0 spiro atoms. The molecule has 8 rings (SSSR count). The summed E-state index contributed by atoms with van der Waals surface area (Å²) in [6.45, 7) is 0. The predicted molar refractivity (Wildman–Crippen MR) is 216 cm³/mol. The number of benzene rings is 6. The van der Waals surface area contributed by atoms with Crippen LogP contribution in [-0.2, 0) is 9.59 Å². The van der Waals surface area contributed by atoms with Crippen LogP contribution in [0.2, 0.25) is 0 Å². The number of halogens is 2. The molecule has 0 saturated heterocycles. The van der Waals surface area contributed by atoms with E-state index in [9.17, 15) is 18.4 Å². The SMILES string of the molecule is N#Cc1cccc(C2=Nc3ccc(-c4ccccc4F)cc3NC(=O)C2)c1.NC(=S)c1cccc(C2=Nc3ccc(-c4ccccc4F)cc3NC(=O)C2)c1. The van der Waals surface area contributed by atoms with Gasteiger partial charge in [0.05, 0.1) is 58.6 Å². The zero-order valence-electron chi connectivity index (χ0n) is 29.0. The van der Waals surface area contributed by atoms with Crippen LogP contribution in [0.5, 0.6) is 0 Å². The summed E-state index contributed by atoms with van der Waals surface area (Å²) in [6, 6.07) is 40.0. The number of nitriles is 1. The number of nitrogens with one attached hydrogen (secondary N) is 2. The van der Waals surface area contributed by atoms with Crippen molar-refractivity contribution in [3.8, 4) is 28.3 Å². The number of nitrogens with zero attached hydrogens (tertiary/aromatic N) is 3. The molecular weight excluding hydrogens is 715 g/mol. The summed E-state index contributed by atoms with van der Waals surface area (Å²) < 4.78 is 28.2. The van der Waals surface area contributed by atoms with Crippen LogP contribution < -0.4 is 16.4 Å². The number of amides is 2. The van der Waals surface area contributed by atoms with E-state index in [-0.39, 0.29) is 41.3 Å². The smallest absolute Gasteiger partial charge is 0.230 e. The summed E-state index contributed by atoms with van der Waals surface area (Å²) in [6.07, 6.45) is 0.211. The Morgan fingerprint density at radius 3 is 1.60 bits per heavy atom. The van der Waals surface area contributed by atoms with E-state index in [0.717, 1.165) is 16.7 Å². The van der Waals surface area contributed by atoms with Crippen molar-refractivity contribution in [2.45, 2.75) is 12.8 Å². The highest BCUT2D eigenvalue weighted by molar-refractivity contribution is 7.80. The lowest BCUT2D eigenvalue weighted by Crippen LogP contribution is -2.16. The van der Waals surface area contributed by atoms with Gasteiger partial charge in [0, 0.05) is 16.7 Å². The Bertz CT molecular complexity index is 2630. The fraction of sp³-hybridized carbons (Fsp3) is 0.0455. The van der Waals surface area contributed by atoms with E-state index < -0.39 is 0 Å². The number of nitrogens with two attached hydrogens (primary N) is 1. The molecule has 0 saturated carbocycles. The average Bonchev–Trinajstić information content (AvgIpc) is 3.47. The van der Waals surface area contributed by atoms with E-state index in [1.807, 2.05) is 30.3 Å². The summed E-state index contributed by atoms with van der Waals surface area (Å²) in [4.78, 5) is 34.4. The number of hydrogen-bond donors (Lipinski definition) is 3. The fourth-order valence-electron chi connectivity index (χ4n) is 6.21. The Kier molecular flexibility index (Phi) is 10.4. The molecule has 268 valence electrons. The van der Waals surface area contributed by atoms with Crippen LogP contribution in [0.3, 0.4) is 0 Å². The first-order valence-corrected chi connectivity index (χ1v) is 17.5. The Morgan fingerprint density at radius 1 is 0.618 bits per heavy atom. The van der Waals surface area contributed by atoms with Crippen molar-refractivity contribution >= 4 is 63.2 Å². The first-order valence-electron chi connectivity index (χ1n) is 17.1. The largest absolute Gasteiger partial charge is 0.389 e. The first-order chi connectivity index (χ1) is 26.6. The Hall–Kier alpha value is -7.16. The molecule has 0 aromatic heterocycles. The van der Waals surface area contributed by atoms with Crippen molar-refractivity contribution < 1.29 is 18.4 Å². The maximum absolute atomic E-state index is 14.1. The van der Waals surface area contributed by atoms with E-state index in [1.165, 1.54) is 12.1 Å². The molecule has 2 amide bonds. The van der Waals surface area contributed by atoms with Crippen LogP contribution in [0, 0.1) is 23.0 Å². The molecule has 4 N–H and O–H groups in total. The van der Waals surface area contributed by atoms with E-state index in [0.29, 0.717) is 62.0 Å². The topological polar surface area (TPSA) is 133 Å². The Balaban J connectivity index is 0.000000169. The van der Waals surface area contributed by atoms with E-state index in [1.54, 1.807) is 91.0 Å². The van der Waals surface area contributed by atoms with Gasteiger partial charge in [-0.1, -0.05) is 91.1 Å². The molecule has 8 nitrogen and oxygen atoms in total. The molecule has 0 aliphatic carbocycles. The highest BCUT2D eigenvalue weighted by Gasteiger charge is 2.20. The quantitative estimate of drug-likeness (QED) is 0.151. The van der Waals surface area contributed by atoms with Gasteiger partial charge in [-0.15, -0.1) is 0 Å². The van der Waals surface area contributed by atoms with Crippen molar-refractivity contribution in [2.24, 2.45) is 15.7 Å². The van der Waals surface area contributed by atoms with Crippen molar-refractivity contribution in [2.75, 3.05) is 10.6 Å². The molecule has 0 unspecified atom stereocenters. The van der Waals surface area contributed by atoms with Gasteiger partial charge in [-0.05, 0) is 76.9 Å². The third-order valence-electron chi connectivity index (χ3n) is 8.88. The predicted octanol–water partition coefficient (Wildman–Crippen LogP) is 9.42. The molecule has 0 atom stereocenters. The van der Waals surface area contributed by atoms with Gasteiger partial charge in [0.15, 0.2) is 0 Å². The number of anilines is 2. The standard InChI is InChI=1S/C22H16FN3OS.C22H14FN3O/c23-17-7-2-1-6-16(17)13-8-9-18-20(11-13)26-21(27)12-19(25-18)14-4-3-5-15(10-14)22(24)28;23-18-7-2-1-6-17(18)15-8-9-19-21(11-15)26-22(27)12-20(25-19)16-5-3-4-14(10-16)13-24/h1-11H,12H2,(H2,24,28)(H,26,27);1-11H,12H2,(H,26,27). The minimum atomic E-state index is -0.324. The van der Waals surface area contributed by atoms with Crippen LogP contribution in [0.1, 0.15) is 35.1 Å². The zero-order valence-corrected chi connectivity index (χ0v) is 29.8. The fourth-order valence-corrected chi connectivity index (χ4v) is 6.34. The minimum Gasteiger partial charge on any atom is -0.389 e. The molecule has 2 aliphatic heterocycles. The Labute approximate surface area is 320 Å². The molecule has 0 radical (unpaired) electrons. The van der Waals surface area contributed by atoms with Gasteiger partial charge in [-0.25, -0.2) is 8.78 Å². The number of rotatable bonds is 5. The van der Waals surface area contributed by atoms with E-state index >= 15 is 0 Å². The van der Waals surface area contributed by atoms with Gasteiger partial charge >= 0.3 is 0 Å². The maximum Gasteiger partial charge on any atom is 0.230 e. The number of hydrogen-bond acceptors (Lipinski definition) is 6. The third kappa shape index (κ3) is 8.25. The lowest BCUT2D eigenvalue weighted by Gasteiger charge is -2.09. The molecule has 6 aromatic rings. The summed E-state index contributed by atoms with van der Waals surface area (Å²) in [5, 5.41) is 14.8. The molecule has 2 aliphatic rings. The number of fused-ring (bicyclic) bond motifs is 2. The normalized spacial score (nSPS) is 13.1. The highest BCUT2D eigenvalue weighted by Crippen LogP contribution is 2.36. The van der Waals surface area contributed by atoms with Gasteiger partial charge in [-0.2, -0.15) is 5.26 Å². The molecule has 0 bridgehead atoms. The van der Waals surface area contributed by atoms with Crippen LogP contribution in [0.15, 0.2) is 143 Å². The summed E-state index contributed by atoms with van der Waals surface area (Å²) >= 11 is 5.04. The number of carbonyl (C=O) groups excluding carboxylic acids is 2. The van der Waals surface area contributed by atoms with Gasteiger partial charge in [0.25, 0.3) is 0 Å². The van der Waals surface area contributed by atoms with Gasteiger partial charge in [0.2, 0.25) is 11.8 Å². The first kappa shape index (κ1) is 36.2. The van der Waals surface area contributed by atoms with E-state index in [2.05, 4.69) is 26.7 Å². The molecule has 55 heavy (non-hydrogen) atoms. The maximum atomic E-state index is 14.1. The highest BCUT2D eigenvalue weighted by atomic mass is 32.1. The number of thiocarbonyl (C=S) groups is 1. The monoisotopic (exact) mass is 744 g/mol. The van der Waals surface area contributed by atoms with Crippen molar-refractivity contribution in [1.29, 1.82) is 5.26 Å². The third-order valence-corrected chi connectivity index (χ3v) is 9.12. The van der Waals surface area contributed by atoms with Crippen LogP contribution >= 0.6 is 12.2 Å². The molecular formula is C44H30F2N6O2S. The molecule has 0 fully saturated rings. The lowest BCUT2D eigenvalue weighted by molar-refractivity contribution is -0.115. The van der Waals surface area contributed by atoms with Crippen LogP contribution in [0.4, 0.5) is 31.5 Å². The summed E-state index contributed by atoms with van der Waals surface area (Å²) in [5.41, 5.74) is 14.2. The van der Waals surface area contributed by atoms with Crippen molar-refractivity contribution in [3.63, 3.8) is 0 Å². The number of aliphatic imine (C=N–C) groups is 2. The molecule has 6 aromatic carbocycles. The van der Waals surface area contributed by atoms with Crippen molar-refractivity contribution in [1.82, 2.24) is 0 Å². The van der Waals surface area contributed by atoms with Crippen molar-refractivity contribution in [3.05, 3.63) is 167 Å².